The van der Waals surface area contributed by atoms with Gasteiger partial charge in [-0.3, -0.25) is 4.90 Å². The third-order valence-electron chi connectivity index (χ3n) is 6.47. The molecule has 0 aromatic heterocycles. The zero-order valence-corrected chi connectivity index (χ0v) is 16.9. The van der Waals surface area contributed by atoms with Gasteiger partial charge in [0.05, 0.1) is 13.2 Å². The summed E-state index contributed by atoms with van der Waals surface area (Å²) in [4.78, 5) is 2.51. The summed E-state index contributed by atoms with van der Waals surface area (Å²) in [7, 11) is 1.71. The highest BCUT2D eigenvalue weighted by Gasteiger charge is 2.41. The summed E-state index contributed by atoms with van der Waals surface area (Å²) in [5, 5.41) is 2.50. The molecular formula is C27H23NO2. The maximum absolute atomic E-state index is 6.67. The van der Waals surface area contributed by atoms with Crippen molar-refractivity contribution in [2.24, 2.45) is 0 Å². The lowest BCUT2D eigenvalue weighted by molar-refractivity contribution is -0.0260. The second-order valence-corrected chi connectivity index (χ2v) is 8.03. The van der Waals surface area contributed by atoms with Crippen molar-refractivity contribution in [2.45, 2.75) is 18.7 Å². The smallest absolute Gasteiger partial charge is 0.180 e. The largest absolute Gasteiger partial charge is 0.497 e. The average molecular weight is 393 g/mol. The molecule has 2 atom stereocenters. The maximum Gasteiger partial charge on any atom is 0.180 e. The van der Waals surface area contributed by atoms with Crippen LogP contribution in [0.1, 0.15) is 34.5 Å². The third kappa shape index (κ3) is 2.62. The van der Waals surface area contributed by atoms with Crippen LogP contribution in [-0.2, 0) is 6.42 Å². The Hall–Kier alpha value is -3.30. The second kappa shape index (κ2) is 6.89. The van der Waals surface area contributed by atoms with E-state index in [1.165, 1.54) is 33.0 Å². The molecule has 0 bridgehead atoms. The molecule has 0 amide bonds. The third-order valence-corrected chi connectivity index (χ3v) is 6.47. The molecule has 30 heavy (non-hydrogen) atoms. The number of hydrogen-bond donors (Lipinski definition) is 0. The number of nitrogens with zero attached hydrogens (tertiary/aromatic N) is 1. The van der Waals surface area contributed by atoms with E-state index in [4.69, 9.17) is 9.47 Å². The Morgan fingerprint density at radius 2 is 1.67 bits per heavy atom. The van der Waals surface area contributed by atoms with Crippen molar-refractivity contribution in [3.05, 3.63) is 107 Å². The van der Waals surface area contributed by atoms with Crippen LogP contribution in [-0.4, -0.2) is 18.6 Å². The molecule has 2 aliphatic rings. The molecule has 4 aromatic carbocycles. The van der Waals surface area contributed by atoms with E-state index in [-0.39, 0.29) is 12.3 Å². The lowest BCUT2D eigenvalue weighted by atomic mass is 9.87. The number of ether oxygens (including phenoxy) is 2. The van der Waals surface area contributed by atoms with Gasteiger partial charge in [0.1, 0.15) is 11.5 Å². The first-order chi connectivity index (χ1) is 14.8. The lowest BCUT2D eigenvalue weighted by Crippen LogP contribution is -2.44. The first kappa shape index (κ1) is 17.5. The van der Waals surface area contributed by atoms with Crippen LogP contribution in [0.5, 0.6) is 11.5 Å². The van der Waals surface area contributed by atoms with E-state index in [0.717, 1.165) is 24.5 Å². The molecule has 0 aliphatic carbocycles. The standard InChI is InChI=1S/C27H23NO2/c1-29-21-13-10-20(11-14-21)26-25-22-8-4-2-6-18(22)12-15-24(25)30-27-23-9-5-3-7-19(23)16-17-28(26)27/h2-15,26-27H,16-17H2,1H3/t26-,27+/m1/s1. The van der Waals surface area contributed by atoms with Gasteiger partial charge in [0.25, 0.3) is 0 Å². The zero-order chi connectivity index (χ0) is 20.1. The Balaban J connectivity index is 1.59. The van der Waals surface area contributed by atoms with Crippen molar-refractivity contribution >= 4 is 10.8 Å². The first-order valence-electron chi connectivity index (χ1n) is 10.5. The summed E-state index contributed by atoms with van der Waals surface area (Å²) in [5.74, 6) is 1.86. The highest BCUT2D eigenvalue weighted by molar-refractivity contribution is 5.89. The minimum atomic E-state index is -0.0734. The molecule has 0 fully saturated rings. The van der Waals surface area contributed by atoms with Gasteiger partial charge in [-0.25, -0.2) is 0 Å². The number of rotatable bonds is 2. The van der Waals surface area contributed by atoms with E-state index in [9.17, 15) is 0 Å². The van der Waals surface area contributed by atoms with Crippen LogP contribution in [0.15, 0.2) is 84.9 Å². The van der Waals surface area contributed by atoms with Gasteiger partial charge in [0, 0.05) is 17.7 Å². The quantitative estimate of drug-likeness (QED) is 0.424. The molecule has 0 spiro atoms. The van der Waals surface area contributed by atoms with Crippen molar-refractivity contribution in [1.82, 2.24) is 4.90 Å². The van der Waals surface area contributed by atoms with Crippen molar-refractivity contribution in [3.8, 4) is 11.5 Å². The highest BCUT2D eigenvalue weighted by atomic mass is 16.5. The normalized spacial score (nSPS) is 20.0. The van der Waals surface area contributed by atoms with E-state index in [0.29, 0.717) is 0 Å². The molecule has 0 N–H and O–H groups in total. The van der Waals surface area contributed by atoms with Crippen molar-refractivity contribution in [2.75, 3.05) is 13.7 Å². The lowest BCUT2D eigenvalue weighted by Gasteiger charge is -2.46. The summed E-state index contributed by atoms with van der Waals surface area (Å²) >= 11 is 0. The molecule has 0 radical (unpaired) electrons. The fourth-order valence-corrected chi connectivity index (χ4v) is 5.03. The number of benzene rings is 4. The topological polar surface area (TPSA) is 21.7 Å². The SMILES string of the molecule is COc1ccc([C@@H]2c3c(ccc4ccccc34)O[C@H]3c4ccccc4CCN23)cc1. The monoisotopic (exact) mass is 393 g/mol. The minimum absolute atomic E-state index is 0.0734. The van der Waals surface area contributed by atoms with E-state index in [1.807, 2.05) is 0 Å². The van der Waals surface area contributed by atoms with E-state index in [1.54, 1.807) is 7.11 Å². The Morgan fingerprint density at radius 3 is 2.53 bits per heavy atom. The average Bonchev–Trinajstić information content (AvgIpc) is 2.82. The van der Waals surface area contributed by atoms with Crippen LogP contribution in [0.25, 0.3) is 10.8 Å². The van der Waals surface area contributed by atoms with Crippen LogP contribution in [0.2, 0.25) is 0 Å². The van der Waals surface area contributed by atoms with Crippen LogP contribution < -0.4 is 9.47 Å². The molecule has 3 heteroatoms. The summed E-state index contributed by atoms with van der Waals surface area (Å²) < 4.78 is 12.1. The van der Waals surface area contributed by atoms with Gasteiger partial charge >= 0.3 is 0 Å². The van der Waals surface area contributed by atoms with Crippen LogP contribution in [0.4, 0.5) is 0 Å². The fourth-order valence-electron chi connectivity index (χ4n) is 5.03. The van der Waals surface area contributed by atoms with Gasteiger partial charge in [-0.15, -0.1) is 0 Å². The molecular weight excluding hydrogens is 370 g/mol. The maximum atomic E-state index is 6.67. The molecule has 6 rings (SSSR count). The Labute approximate surface area is 176 Å². The first-order valence-corrected chi connectivity index (χ1v) is 10.5. The van der Waals surface area contributed by atoms with E-state index < -0.39 is 0 Å². The highest BCUT2D eigenvalue weighted by Crippen LogP contribution is 2.50. The molecule has 0 unspecified atom stereocenters. The Morgan fingerprint density at radius 1 is 0.867 bits per heavy atom. The van der Waals surface area contributed by atoms with Gasteiger partial charge in [-0.2, -0.15) is 0 Å². The van der Waals surface area contributed by atoms with Gasteiger partial charge in [0.15, 0.2) is 6.23 Å². The van der Waals surface area contributed by atoms with Gasteiger partial charge in [0.2, 0.25) is 0 Å². The fraction of sp³-hybridized carbons (Fsp3) is 0.185. The number of methoxy groups -OCH3 is 1. The van der Waals surface area contributed by atoms with Crippen LogP contribution >= 0.6 is 0 Å². The minimum Gasteiger partial charge on any atom is -0.497 e. The zero-order valence-electron chi connectivity index (χ0n) is 16.9. The van der Waals surface area contributed by atoms with Gasteiger partial charge < -0.3 is 9.47 Å². The Kier molecular flexibility index (Phi) is 4.03. The summed E-state index contributed by atoms with van der Waals surface area (Å²) in [5.41, 5.74) is 5.19. The summed E-state index contributed by atoms with van der Waals surface area (Å²) in [6.45, 7) is 0.959. The van der Waals surface area contributed by atoms with Crippen molar-refractivity contribution in [3.63, 3.8) is 0 Å². The van der Waals surface area contributed by atoms with E-state index in [2.05, 4.69) is 89.8 Å². The molecule has 2 aliphatic heterocycles. The van der Waals surface area contributed by atoms with E-state index >= 15 is 0 Å². The molecule has 0 saturated carbocycles. The molecule has 3 nitrogen and oxygen atoms in total. The molecule has 2 heterocycles. The summed E-state index contributed by atoms with van der Waals surface area (Å²) in [6, 6.07) is 30.2. The molecule has 4 aromatic rings. The predicted octanol–water partition coefficient (Wildman–Crippen LogP) is 5.89. The summed E-state index contributed by atoms with van der Waals surface area (Å²) in [6.07, 6.45) is 0.957. The van der Waals surface area contributed by atoms with Crippen molar-refractivity contribution in [1.29, 1.82) is 0 Å². The van der Waals surface area contributed by atoms with Gasteiger partial charge in [-0.1, -0.05) is 66.7 Å². The molecule has 148 valence electrons. The van der Waals surface area contributed by atoms with Gasteiger partial charge in [-0.05, 0) is 46.5 Å². The van der Waals surface area contributed by atoms with Crippen molar-refractivity contribution < 1.29 is 9.47 Å². The number of fused-ring (bicyclic) bond motifs is 6. The Bertz CT molecular complexity index is 1230. The number of hydrogen-bond acceptors (Lipinski definition) is 3. The molecule has 0 saturated heterocycles. The van der Waals surface area contributed by atoms with Crippen LogP contribution in [0.3, 0.4) is 0 Å². The second-order valence-electron chi connectivity index (χ2n) is 8.03. The predicted molar refractivity (Wildman–Crippen MR) is 119 cm³/mol. The van der Waals surface area contributed by atoms with Crippen LogP contribution in [0, 0.1) is 0 Å².